The molecule has 2 atom stereocenters. The minimum atomic E-state index is -0.154. The third-order valence-electron chi connectivity index (χ3n) is 3.60. The van der Waals surface area contributed by atoms with Gasteiger partial charge in [-0.15, -0.1) is 11.3 Å². The molecular weight excluding hydrogens is 260 g/mol. The summed E-state index contributed by atoms with van der Waals surface area (Å²) in [7, 11) is 0. The van der Waals surface area contributed by atoms with Gasteiger partial charge in [0.2, 0.25) is 0 Å². The number of hydrogen-bond donors (Lipinski definition) is 3. The zero-order valence-electron chi connectivity index (χ0n) is 10.7. The van der Waals surface area contributed by atoms with E-state index in [-0.39, 0.29) is 5.91 Å². The van der Waals surface area contributed by atoms with Gasteiger partial charge in [-0.3, -0.25) is 4.79 Å². The van der Waals surface area contributed by atoms with Crippen LogP contribution in [-0.2, 0) is 0 Å². The van der Waals surface area contributed by atoms with Gasteiger partial charge in [0, 0.05) is 12.1 Å². The van der Waals surface area contributed by atoms with E-state index in [0.29, 0.717) is 34.1 Å². The maximum Gasteiger partial charge on any atom is 0.263 e. The lowest BCUT2D eigenvalue weighted by molar-refractivity contribution is 0.0956. The molecule has 5 nitrogen and oxygen atoms in total. The summed E-state index contributed by atoms with van der Waals surface area (Å²) in [5.41, 5.74) is 6.64. The molecular formula is C13H16N4OS. The molecule has 3 rings (SSSR count). The molecule has 2 aliphatic carbocycles. The number of carbonyl (C=O) groups is 1. The van der Waals surface area contributed by atoms with Crippen LogP contribution in [0.4, 0.5) is 10.7 Å². The lowest BCUT2D eigenvalue weighted by Gasteiger charge is -2.01. The number of carbonyl (C=O) groups excluding carboxylic acids is 1. The fourth-order valence-electron chi connectivity index (χ4n) is 2.00. The molecule has 2 fully saturated rings. The predicted octanol–water partition coefficient (Wildman–Crippen LogP) is 1.91. The molecule has 1 heterocycles. The van der Waals surface area contributed by atoms with Gasteiger partial charge < -0.3 is 16.4 Å². The third kappa shape index (κ3) is 2.38. The van der Waals surface area contributed by atoms with E-state index in [0.717, 1.165) is 24.3 Å². The van der Waals surface area contributed by atoms with Gasteiger partial charge in [0.15, 0.2) is 0 Å². The maximum absolute atomic E-state index is 12.0. The van der Waals surface area contributed by atoms with Gasteiger partial charge in [0.1, 0.15) is 21.5 Å². The summed E-state index contributed by atoms with van der Waals surface area (Å²) in [6.45, 7) is 2.15. The summed E-state index contributed by atoms with van der Waals surface area (Å²) >= 11 is 1.29. The molecule has 0 aromatic carbocycles. The van der Waals surface area contributed by atoms with Gasteiger partial charge in [0.25, 0.3) is 5.91 Å². The first-order valence-corrected chi connectivity index (χ1v) is 7.31. The minimum Gasteiger partial charge on any atom is -0.396 e. The molecule has 2 unspecified atom stereocenters. The van der Waals surface area contributed by atoms with Gasteiger partial charge in [-0.2, -0.15) is 5.26 Å². The van der Waals surface area contributed by atoms with Gasteiger partial charge in [-0.1, -0.05) is 6.92 Å². The van der Waals surface area contributed by atoms with Crippen LogP contribution in [0, 0.1) is 17.2 Å². The summed E-state index contributed by atoms with van der Waals surface area (Å²) in [6, 6.07) is 2.80. The fraction of sp³-hybridized carbons (Fsp3) is 0.538. The van der Waals surface area contributed by atoms with E-state index in [1.807, 2.05) is 0 Å². The second kappa shape index (κ2) is 4.42. The molecule has 19 heavy (non-hydrogen) atoms. The summed E-state index contributed by atoms with van der Waals surface area (Å²) in [5, 5.41) is 16.1. The van der Waals surface area contributed by atoms with E-state index < -0.39 is 0 Å². The van der Waals surface area contributed by atoms with Gasteiger partial charge in [-0.05, 0) is 25.2 Å². The van der Waals surface area contributed by atoms with Crippen molar-refractivity contribution in [1.29, 1.82) is 5.26 Å². The van der Waals surface area contributed by atoms with Crippen molar-refractivity contribution in [3.8, 4) is 6.07 Å². The minimum absolute atomic E-state index is 0.154. The highest BCUT2D eigenvalue weighted by molar-refractivity contribution is 7.19. The number of amides is 1. The highest BCUT2D eigenvalue weighted by Crippen LogP contribution is 2.40. The number of rotatable bonds is 4. The molecule has 6 heteroatoms. The largest absolute Gasteiger partial charge is 0.396 e. The van der Waals surface area contributed by atoms with E-state index in [9.17, 15) is 10.1 Å². The van der Waals surface area contributed by atoms with Gasteiger partial charge in [0.05, 0.1) is 5.69 Å². The number of hydrogen-bond acceptors (Lipinski definition) is 5. The summed E-state index contributed by atoms with van der Waals surface area (Å²) < 4.78 is 0. The monoisotopic (exact) mass is 276 g/mol. The number of nitriles is 1. The molecule has 1 aromatic rings. The standard InChI is InChI=1S/C13H16N4OS/c1-6-4-9(6)17-13-8(5-14)10(15)11(19-13)12(18)16-7-2-3-7/h6-7,9,17H,2-4,15H2,1H3,(H,16,18). The first-order valence-electron chi connectivity index (χ1n) is 6.50. The Morgan fingerprint density at radius 3 is 2.74 bits per heavy atom. The van der Waals surface area contributed by atoms with Crippen LogP contribution in [0.5, 0.6) is 0 Å². The Morgan fingerprint density at radius 1 is 1.53 bits per heavy atom. The fourth-order valence-corrected chi connectivity index (χ4v) is 3.03. The average Bonchev–Trinajstić information content (AvgIpc) is 3.26. The van der Waals surface area contributed by atoms with Crippen LogP contribution in [-0.4, -0.2) is 18.0 Å². The first-order chi connectivity index (χ1) is 9.10. The van der Waals surface area contributed by atoms with Crippen molar-refractivity contribution in [3.05, 3.63) is 10.4 Å². The summed E-state index contributed by atoms with van der Waals surface area (Å²) in [6.07, 6.45) is 3.17. The van der Waals surface area contributed by atoms with Crippen LogP contribution >= 0.6 is 11.3 Å². The molecule has 0 bridgehead atoms. The van der Waals surface area contributed by atoms with Crippen LogP contribution in [0.2, 0.25) is 0 Å². The van der Waals surface area contributed by atoms with Crippen molar-refractivity contribution in [1.82, 2.24) is 5.32 Å². The normalized spacial score (nSPS) is 24.6. The predicted molar refractivity (Wildman–Crippen MR) is 75.1 cm³/mol. The van der Waals surface area contributed by atoms with Crippen molar-refractivity contribution in [2.24, 2.45) is 5.92 Å². The Bertz CT molecular complexity index is 570. The van der Waals surface area contributed by atoms with Gasteiger partial charge >= 0.3 is 0 Å². The summed E-state index contributed by atoms with van der Waals surface area (Å²) in [5.74, 6) is 0.469. The molecule has 0 spiro atoms. The Hall–Kier alpha value is -1.74. The number of nitrogens with one attached hydrogen (secondary N) is 2. The number of nitrogens with two attached hydrogens (primary N) is 1. The zero-order valence-corrected chi connectivity index (χ0v) is 11.5. The summed E-state index contributed by atoms with van der Waals surface area (Å²) in [4.78, 5) is 12.5. The molecule has 0 radical (unpaired) electrons. The molecule has 1 amide bonds. The number of nitrogen functional groups attached to an aromatic ring is 1. The Labute approximate surface area is 115 Å². The van der Waals surface area contributed by atoms with E-state index >= 15 is 0 Å². The second-order valence-corrected chi connectivity index (χ2v) is 6.39. The van der Waals surface area contributed by atoms with Crippen LogP contribution in [0.1, 0.15) is 41.4 Å². The van der Waals surface area contributed by atoms with E-state index in [4.69, 9.17) is 5.73 Å². The van der Waals surface area contributed by atoms with E-state index in [1.165, 1.54) is 11.3 Å². The number of thiophene rings is 1. The Balaban J connectivity index is 1.83. The quantitative estimate of drug-likeness (QED) is 0.783. The molecule has 1 aromatic heterocycles. The van der Waals surface area contributed by atoms with Crippen molar-refractivity contribution in [2.45, 2.75) is 38.3 Å². The topological polar surface area (TPSA) is 90.9 Å². The van der Waals surface area contributed by atoms with Crippen molar-refractivity contribution in [2.75, 3.05) is 11.1 Å². The number of nitrogens with zero attached hydrogens (tertiary/aromatic N) is 1. The Kier molecular flexibility index (Phi) is 2.86. The van der Waals surface area contributed by atoms with Crippen LogP contribution in [0.3, 0.4) is 0 Å². The lowest BCUT2D eigenvalue weighted by atomic mass is 10.2. The molecule has 4 N–H and O–H groups in total. The van der Waals surface area contributed by atoms with E-state index in [2.05, 4.69) is 23.6 Å². The SMILES string of the molecule is CC1CC1Nc1sc(C(=O)NC2CC2)c(N)c1C#N. The molecule has 2 saturated carbocycles. The molecule has 100 valence electrons. The van der Waals surface area contributed by atoms with Crippen LogP contribution in [0.15, 0.2) is 0 Å². The lowest BCUT2D eigenvalue weighted by Crippen LogP contribution is -2.25. The maximum atomic E-state index is 12.0. The first kappa shape index (κ1) is 12.3. The molecule has 0 aliphatic heterocycles. The third-order valence-corrected chi connectivity index (χ3v) is 4.74. The average molecular weight is 276 g/mol. The van der Waals surface area contributed by atoms with Crippen molar-refractivity contribution in [3.63, 3.8) is 0 Å². The van der Waals surface area contributed by atoms with Crippen LogP contribution < -0.4 is 16.4 Å². The van der Waals surface area contributed by atoms with Crippen molar-refractivity contribution < 1.29 is 4.79 Å². The van der Waals surface area contributed by atoms with E-state index in [1.54, 1.807) is 0 Å². The number of anilines is 2. The molecule has 2 aliphatic rings. The highest BCUT2D eigenvalue weighted by Gasteiger charge is 2.34. The van der Waals surface area contributed by atoms with Crippen molar-refractivity contribution >= 4 is 27.9 Å². The smallest absolute Gasteiger partial charge is 0.263 e. The Morgan fingerprint density at radius 2 is 2.21 bits per heavy atom. The second-order valence-electron chi connectivity index (χ2n) is 5.37. The highest BCUT2D eigenvalue weighted by atomic mass is 32.1. The zero-order chi connectivity index (χ0) is 13.6. The van der Waals surface area contributed by atoms with Crippen LogP contribution in [0.25, 0.3) is 0 Å². The van der Waals surface area contributed by atoms with Gasteiger partial charge in [-0.25, -0.2) is 0 Å². The molecule has 0 saturated heterocycles.